The number of carbonyl (C=O) groups excluding carboxylic acids is 2. The number of rotatable bonds is 7. The minimum atomic E-state index is -0.630. The number of benzene rings is 1. The molecular formula is C17H26N2O3. The lowest BCUT2D eigenvalue weighted by Crippen LogP contribution is -2.46. The van der Waals surface area contributed by atoms with E-state index in [9.17, 15) is 9.59 Å². The molecule has 0 aliphatic carbocycles. The summed E-state index contributed by atoms with van der Waals surface area (Å²) in [7, 11) is 0. The predicted octanol–water partition coefficient (Wildman–Crippen LogP) is 2.14. The van der Waals surface area contributed by atoms with Gasteiger partial charge in [0.15, 0.2) is 6.10 Å². The third-order valence-electron chi connectivity index (χ3n) is 3.16. The summed E-state index contributed by atoms with van der Waals surface area (Å²) in [5, 5.41) is 2.78. The van der Waals surface area contributed by atoms with E-state index < -0.39 is 6.10 Å². The molecule has 1 aromatic rings. The fourth-order valence-electron chi connectivity index (χ4n) is 2.02. The summed E-state index contributed by atoms with van der Waals surface area (Å²) >= 11 is 0. The summed E-state index contributed by atoms with van der Waals surface area (Å²) in [6, 6.07) is 7.59. The van der Waals surface area contributed by atoms with Gasteiger partial charge in [0.2, 0.25) is 5.91 Å². The Kier molecular flexibility index (Phi) is 6.89. The molecule has 5 nitrogen and oxygen atoms in total. The van der Waals surface area contributed by atoms with Crippen molar-refractivity contribution in [3.05, 3.63) is 29.8 Å². The van der Waals surface area contributed by atoms with Crippen LogP contribution in [-0.4, -0.2) is 41.9 Å². The second-order valence-corrected chi connectivity index (χ2v) is 5.65. The average molecular weight is 306 g/mol. The molecule has 0 aromatic heterocycles. The Bertz CT molecular complexity index is 497. The van der Waals surface area contributed by atoms with Crippen LogP contribution < -0.4 is 10.1 Å². The van der Waals surface area contributed by atoms with Gasteiger partial charge in [-0.3, -0.25) is 9.59 Å². The molecule has 0 spiro atoms. The lowest BCUT2D eigenvalue weighted by atomic mass is 10.2. The van der Waals surface area contributed by atoms with E-state index >= 15 is 0 Å². The number of aryl methyl sites for hydroxylation is 1. The largest absolute Gasteiger partial charge is 0.481 e. The van der Waals surface area contributed by atoms with E-state index in [0.717, 1.165) is 5.56 Å². The molecule has 1 aromatic carbocycles. The van der Waals surface area contributed by atoms with Gasteiger partial charge in [-0.15, -0.1) is 0 Å². The first-order valence-corrected chi connectivity index (χ1v) is 7.65. The van der Waals surface area contributed by atoms with Crippen molar-refractivity contribution in [2.24, 2.45) is 0 Å². The van der Waals surface area contributed by atoms with E-state index in [2.05, 4.69) is 5.32 Å². The minimum absolute atomic E-state index is 0.0507. The van der Waals surface area contributed by atoms with Crippen LogP contribution in [0.1, 0.15) is 33.3 Å². The van der Waals surface area contributed by atoms with Crippen LogP contribution in [0.5, 0.6) is 5.75 Å². The topological polar surface area (TPSA) is 58.6 Å². The maximum absolute atomic E-state index is 12.4. The number of amides is 2. The number of ether oxygens (including phenoxy) is 1. The third-order valence-corrected chi connectivity index (χ3v) is 3.16. The zero-order valence-corrected chi connectivity index (χ0v) is 14.1. The van der Waals surface area contributed by atoms with Gasteiger partial charge >= 0.3 is 0 Å². The molecule has 0 aliphatic rings. The molecule has 0 aliphatic heterocycles. The van der Waals surface area contributed by atoms with Crippen LogP contribution in [0.3, 0.4) is 0 Å². The average Bonchev–Trinajstić information content (AvgIpc) is 2.45. The van der Waals surface area contributed by atoms with Gasteiger partial charge in [-0.25, -0.2) is 0 Å². The Balaban J connectivity index is 2.62. The Morgan fingerprint density at radius 2 is 1.77 bits per heavy atom. The van der Waals surface area contributed by atoms with Crippen molar-refractivity contribution in [1.82, 2.24) is 10.2 Å². The van der Waals surface area contributed by atoms with Gasteiger partial charge in [0.05, 0.1) is 6.54 Å². The molecule has 1 N–H and O–H groups in total. The highest BCUT2D eigenvalue weighted by atomic mass is 16.5. The van der Waals surface area contributed by atoms with Crippen LogP contribution in [-0.2, 0) is 9.59 Å². The van der Waals surface area contributed by atoms with Crippen LogP contribution in [0.2, 0.25) is 0 Å². The van der Waals surface area contributed by atoms with Gasteiger partial charge in [-0.05, 0) is 46.8 Å². The van der Waals surface area contributed by atoms with Crippen molar-refractivity contribution < 1.29 is 14.3 Å². The van der Waals surface area contributed by atoms with E-state index in [1.807, 2.05) is 52.0 Å². The third kappa shape index (κ3) is 5.76. The zero-order chi connectivity index (χ0) is 16.7. The van der Waals surface area contributed by atoms with Crippen molar-refractivity contribution in [2.75, 3.05) is 13.1 Å². The molecule has 22 heavy (non-hydrogen) atoms. The van der Waals surface area contributed by atoms with Crippen LogP contribution in [0, 0.1) is 6.92 Å². The monoisotopic (exact) mass is 306 g/mol. The minimum Gasteiger partial charge on any atom is -0.481 e. The van der Waals surface area contributed by atoms with Gasteiger partial charge in [-0.2, -0.15) is 0 Å². The predicted molar refractivity (Wildman–Crippen MR) is 86.8 cm³/mol. The van der Waals surface area contributed by atoms with Gasteiger partial charge in [-0.1, -0.05) is 17.7 Å². The molecular weight excluding hydrogens is 280 g/mol. The molecule has 0 heterocycles. The molecule has 122 valence electrons. The molecule has 0 radical (unpaired) electrons. The number of carbonyl (C=O) groups is 2. The number of likely N-dealkylation sites (N-methyl/N-ethyl adjacent to an activating group) is 1. The number of nitrogens with one attached hydrogen (secondary N) is 1. The standard InChI is InChI=1S/C17H26N2O3/c1-6-19(11-16(20)18-12(2)3)17(21)14(5)22-15-9-7-13(4)8-10-15/h7-10,12,14H,6,11H2,1-5H3,(H,18,20). The van der Waals surface area contributed by atoms with Gasteiger partial charge < -0.3 is 15.0 Å². The quantitative estimate of drug-likeness (QED) is 0.839. The molecule has 0 fully saturated rings. The molecule has 1 unspecified atom stereocenters. The first-order valence-electron chi connectivity index (χ1n) is 7.65. The zero-order valence-electron chi connectivity index (χ0n) is 14.1. The summed E-state index contributed by atoms with van der Waals surface area (Å²) < 4.78 is 5.65. The summed E-state index contributed by atoms with van der Waals surface area (Å²) in [5.74, 6) is 0.295. The van der Waals surface area contributed by atoms with E-state index in [1.54, 1.807) is 6.92 Å². The molecule has 5 heteroatoms. The lowest BCUT2D eigenvalue weighted by molar-refractivity contribution is -0.141. The highest BCUT2D eigenvalue weighted by Crippen LogP contribution is 2.14. The van der Waals surface area contributed by atoms with Gasteiger partial charge in [0.25, 0.3) is 5.91 Å². The summed E-state index contributed by atoms with van der Waals surface area (Å²) in [4.78, 5) is 25.7. The maximum Gasteiger partial charge on any atom is 0.263 e. The van der Waals surface area contributed by atoms with E-state index in [0.29, 0.717) is 12.3 Å². The van der Waals surface area contributed by atoms with Crippen LogP contribution in [0.4, 0.5) is 0 Å². The number of nitrogens with zero attached hydrogens (tertiary/aromatic N) is 1. The number of hydrogen-bond acceptors (Lipinski definition) is 3. The van der Waals surface area contributed by atoms with Gasteiger partial charge in [0.1, 0.15) is 5.75 Å². The second kappa shape index (κ2) is 8.41. The van der Waals surface area contributed by atoms with Gasteiger partial charge in [0, 0.05) is 12.6 Å². The molecule has 0 bridgehead atoms. The maximum atomic E-state index is 12.4. The highest BCUT2D eigenvalue weighted by Gasteiger charge is 2.23. The van der Waals surface area contributed by atoms with Crippen LogP contribution >= 0.6 is 0 Å². The Labute approximate surface area is 132 Å². The highest BCUT2D eigenvalue weighted by molar-refractivity contribution is 5.87. The molecule has 1 atom stereocenters. The van der Waals surface area contributed by atoms with Crippen LogP contribution in [0.15, 0.2) is 24.3 Å². The Morgan fingerprint density at radius 1 is 1.18 bits per heavy atom. The lowest BCUT2D eigenvalue weighted by Gasteiger charge is -2.24. The van der Waals surface area contributed by atoms with Crippen molar-refractivity contribution >= 4 is 11.8 Å². The summed E-state index contributed by atoms with van der Waals surface area (Å²) in [6.45, 7) is 9.83. The van der Waals surface area contributed by atoms with Crippen molar-refractivity contribution in [2.45, 2.75) is 46.8 Å². The smallest absolute Gasteiger partial charge is 0.263 e. The first-order chi connectivity index (χ1) is 10.3. The summed E-state index contributed by atoms with van der Waals surface area (Å²) in [5.41, 5.74) is 1.13. The fourth-order valence-corrected chi connectivity index (χ4v) is 2.02. The molecule has 0 saturated heterocycles. The Hall–Kier alpha value is -2.04. The van der Waals surface area contributed by atoms with E-state index in [-0.39, 0.29) is 24.4 Å². The van der Waals surface area contributed by atoms with Crippen LogP contribution in [0.25, 0.3) is 0 Å². The molecule has 0 saturated carbocycles. The number of hydrogen-bond donors (Lipinski definition) is 1. The Morgan fingerprint density at radius 3 is 2.27 bits per heavy atom. The molecule has 2 amide bonds. The van der Waals surface area contributed by atoms with Crippen molar-refractivity contribution in [3.8, 4) is 5.75 Å². The second-order valence-electron chi connectivity index (χ2n) is 5.65. The normalized spacial score (nSPS) is 11.9. The van der Waals surface area contributed by atoms with Crippen molar-refractivity contribution in [3.63, 3.8) is 0 Å². The fraction of sp³-hybridized carbons (Fsp3) is 0.529. The summed E-state index contributed by atoms with van der Waals surface area (Å²) in [6.07, 6.45) is -0.630. The first kappa shape index (κ1) is 18.0. The van der Waals surface area contributed by atoms with E-state index in [4.69, 9.17) is 4.74 Å². The van der Waals surface area contributed by atoms with Crippen molar-refractivity contribution in [1.29, 1.82) is 0 Å². The molecule has 1 rings (SSSR count). The SMILES string of the molecule is CCN(CC(=O)NC(C)C)C(=O)C(C)Oc1ccc(C)cc1. The van der Waals surface area contributed by atoms with E-state index in [1.165, 1.54) is 4.90 Å².